The maximum Gasteiger partial charge on any atom is 0.269 e. The lowest BCUT2D eigenvalue weighted by molar-refractivity contribution is -0.384. The van der Waals surface area contributed by atoms with Crippen LogP contribution in [0.5, 0.6) is 0 Å². The van der Waals surface area contributed by atoms with Gasteiger partial charge in [-0.2, -0.15) is 0 Å². The minimum absolute atomic E-state index is 0.0753. The third kappa shape index (κ3) is 3.86. The monoisotopic (exact) mass is 285 g/mol. The molecule has 1 aromatic heterocycles. The van der Waals surface area contributed by atoms with Crippen LogP contribution in [0.2, 0.25) is 0 Å². The first-order valence-electron chi connectivity index (χ1n) is 7.00. The highest BCUT2D eigenvalue weighted by Gasteiger charge is 2.13. The highest BCUT2D eigenvalue weighted by atomic mass is 16.6. The molecule has 0 bridgehead atoms. The normalized spacial score (nSPS) is 12.1. The molecule has 0 aliphatic rings. The van der Waals surface area contributed by atoms with Gasteiger partial charge in [-0.15, -0.1) is 0 Å². The van der Waals surface area contributed by atoms with Crippen LogP contribution in [0, 0.1) is 17.0 Å². The Labute approximate surface area is 124 Å². The minimum atomic E-state index is -0.362. The number of hydrogen-bond donors (Lipinski definition) is 1. The maximum atomic E-state index is 10.9. The van der Waals surface area contributed by atoms with Crippen LogP contribution in [0.15, 0.2) is 42.6 Å². The summed E-state index contributed by atoms with van der Waals surface area (Å²) in [6, 6.07) is 10.8. The molecule has 1 N–H and O–H groups in total. The summed E-state index contributed by atoms with van der Waals surface area (Å²) in [5.74, 6) is 0. The third-order valence-corrected chi connectivity index (χ3v) is 3.53. The van der Waals surface area contributed by atoms with Gasteiger partial charge in [-0.05, 0) is 30.5 Å². The van der Waals surface area contributed by atoms with Crippen LogP contribution in [0.25, 0.3) is 0 Å². The van der Waals surface area contributed by atoms with Crippen molar-refractivity contribution < 1.29 is 4.92 Å². The topological polar surface area (TPSA) is 68.1 Å². The largest absolute Gasteiger partial charge is 0.304 e. The first-order valence-corrected chi connectivity index (χ1v) is 7.00. The van der Waals surface area contributed by atoms with Crippen molar-refractivity contribution in [1.29, 1.82) is 0 Å². The number of non-ortho nitro benzene ring substituents is 1. The van der Waals surface area contributed by atoms with Gasteiger partial charge in [0.25, 0.3) is 5.69 Å². The fourth-order valence-electron chi connectivity index (χ4n) is 2.28. The van der Waals surface area contributed by atoms with Gasteiger partial charge in [0, 0.05) is 30.9 Å². The van der Waals surface area contributed by atoms with Crippen LogP contribution in [0.1, 0.15) is 36.2 Å². The van der Waals surface area contributed by atoms with Crippen molar-refractivity contribution in [2.24, 2.45) is 0 Å². The molecule has 5 heteroatoms. The Morgan fingerprint density at radius 1 is 1.33 bits per heavy atom. The zero-order valence-corrected chi connectivity index (χ0v) is 12.2. The highest BCUT2D eigenvalue weighted by molar-refractivity contribution is 5.35. The van der Waals surface area contributed by atoms with Crippen LogP contribution < -0.4 is 5.32 Å². The van der Waals surface area contributed by atoms with Crippen LogP contribution >= 0.6 is 0 Å². The smallest absolute Gasteiger partial charge is 0.269 e. The van der Waals surface area contributed by atoms with E-state index in [1.165, 1.54) is 6.07 Å². The molecule has 0 amide bonds. The van der Waals surface area contributed by atoms with E-state index in [0.29, 0.717) is 6.54 Å². The summed E-state index contributed by atoms with van der Waals surface area (Å²) in [5.41, 5.74) is 3.20. The number of rotatable bonds is 6. The summed E-state index contributed by atoms with van der Waals surface area (Å²) in [6.07, 6.45) is 2.63. The van der Waals surface area contributed by atoms with Crippen LogP contribution in [-0.2, 0) is 6.54 Å². The third-order valence-electron chi connectivity index (χ3n) is 3.53. The highest BCUT2D eigenvalue weighted by Crippen LogP contribution is 2.22. The molecule has 2 aromatic rings. The summed E-state index contributed by atoms with van der Waals surface area (Å²) < 4.78 is 0. The zero-order valence-electron chi connectivity index (χ0n) is 12.2. The second-order valence-electron chi connectivity index (χ2n) is 4.96. The molecule has 110 valence electrons. The van der Waals surface area contributed by atoms with Gasteiger partial charge in [-0.1, -0.05) is 25.1 Å². The SMILES string of the molecule is CCC(NCc1ncccc1C)c1cccc([N+](=O)[O-])c1. The number of nitrogens with zero attached hydrogens (tertiary/aromatic N) is 2. The summed E-state index contributed by atoms with van der Waals surface area (Å²) in [7, 11) is 0. The molecular weight excluding hydrogens is 266 g/mol. The average molecular weight is 285 g/mol. The van der Waals surface area contributed by atoms with E-state index in [9.17, 15) is 10.1 Å². The fourth-order valence-corrected chi connectivity index (χ4v) is 2.28. The van der Waals surface area contributed by atoms with Crippen LogP contribution in [0.3, 0.4) is 0 Å². The van der Waals surface area contributed by atoms with Gasteiger partial charge >= 0.3 is 0 Å². The van der Waals surface area contributed by atoms with Gasteiger partial charge < -0.3 is 5.32 Å². The fraction of sp³-hybridized carbons (Fsp3) is 0.312. The van der Waals surface area contributed by atoms with Crippen molar-refractivity contribution >= 4 is 5.69 Å². The maximum absolute atomic E-state index is 10.9. The number of aromatic nitrogens is 1. The number of benzene rings is 1. The lowest BCUT2D eigenvalue weighted by atomic mass is 10.0. The molecule has 0 spiro atoms. The zero-order chi connectivity index (χ0) is 15.2. The number of pyridine rings is 1. The first kappa shape index (κ1) is 15.1. The summed E-state index contributed by atoms with van der Waals surface area (Å²) in [4.78, 5) is 14.9. The predicted octanol–water partition coefficient (Wildman–Crippen LogP) is 3.54. The number of nitrogens with one attached hydrogen (secondary N) is 1. The molecular formula is C16H19N3O2. The van der Waals surface area contributed by atoms with Crippen molar-refractivity contribution in [3.8, 4) is 0 Å². The number of aryl methyl sites for hydroxylation is 1. The number of hydrogen-bond acceptors (Lipinski definition) is 4. The predicted molar refractivity (Wildman–Crippen MR) is 81.9 cm³/mol. The van der Waals surface area contributed by atoms with E-state index in [1.54, 1.807) is 18.3 Å². The van der Waals surface area contributed by atoms with E-state index in [-0.39, 0.29) is 16.7 Å². The molecule has 1 heterocycles. The molecule has 0 aliphatic heterocycles. The molecule has 0 saturated carbocycles. The van der Waals surface area contributed by atoms with E-state index in [4.69, 9.17) is 0 Å². The van der Waals surface area contributed by atoms with Gasteiger partial charge in [-0.25, -0.2) is 0 Å². The van der Waals surface area contributed by atoms with E-state index in [1.807, 2.05) is 25.1 Å². The second kappa shape index (κ2) is 6.95. The van der Waals surface area contributed by atoms with E-state index in [2.05, 4.69) is 17.2 Å². The van der Waals surface area contributed by atoms with Gasteiger partial charge in [-0.3, -0.25) is 15.1 Å². The van der Waals surface area contributed by atoms with E-state index >= 15 is 0 Å². The molecule has 1 aromatic carbocycles. The van der Waals surface area contributed by atoms with E-state index in [0.717, 1.165) is 23.2 Å². The number of nitro benzene ring substituents is 1. The van der Waals surface area contributed by atoms with Gasteiger partial charge in [0.05, 0.1) is 10.6 Å². The molecule has 2 rings (SSSR count). The Balaban J connectivity index is 2.11. The summed E-state index contributed by atoms with van der Waals surface area (Å²) >= 11 is 0. The Hall–Kier alpha value is -2.27. The Kier molecular flexibility index (Phi) is 5.00. The van der Waals surface area contributed by atoms with E-state index < -0.39 is 0 Å². The molecule has 0 radical (unpaired) electrons. The molecule has 5 nitrogen and oxygen atoms in total. The molecule has 1 atom stereocenters. The van der Waals surface area contributed by atoms with Crippen molar-refractivity contribution in [1.82, 2.24) is 10.3 Å². The second-order valence-corrected chi connectivity index (χ2v) is 4.96. The first-order chi connectivity index (χ1) is 10.1. The summed E-state index contributed by atoms with van der Waals surface area (Å²) in [6.45, 7) is 4.73. The lowest BCUT2D eigenvalue weighted by Gasteiger charge is -2.17. The standard InChI is InChI=1S/C16H19N3O2/c1-3-15(13-7-4-8-14(10-13)19(20)21)18-11-16-12(2)6-5-9-17-16/h4-10,15,18H,3,11H2,1-2H3. The molecule has 21 heavy (non-hydrogen) atoms. The van der Waals surface area contributed by atoms with Crippen molar-refractivity contribution in [3.05, 3.63) is 69.5 Å². The lowest BCUT2D eigenvalue weighted by Crippen LogP contribution is -2.21. The average Bonchev–Trinajstić information content (AvgIpc) is 2.50. The van der Waals surface area contributed by atoms with Crippen molar-refractivity contribution in [2.75, 3.05) is 0 Å². The van der Waals surface area contributed by atoms with Gasteiger partial charge in [0.2, 0.25) is 0 Å². The van der Waals surface area contributed by atoms with Crippen molar-refractivity contribution in [3.63, 3.8) is 0 Å². The van der Waals surface area contributed by atoms with Gasteiger partial charge in [0.1, 0.15) is 0 Å². The number of nitro groups is 1. The Morgan fingerprint density at radius 2 is 2.14 bits per heavy atom. The minimum Gasteiger partial charge on any atom is -0.304 e. The van der Waals surface area contributed by atoms with Crippen LogP contribution in [-0.4, -0.2) is 9.91 Å². The Bertz CT molecular complexity index is 628. The molecule has 1 unspecified atom stereocenters. The van der Waals surface area contributed by atoms with Crippen molar-refractivity contribution in [2.45, 2.75) is 32.9 Å². The van der Waals surface area contributed by atoms with Gasteiger partial charge in [0.15, 0.2) is 0 Å². The Morgan fingerprint density at radius 3 is 2.81 bits per heavy atom. The summed E-state index contributed by atoms with van der Waals surface area (Å²) in [5, 5.41) is 14.3. The molecule has 0 aliphatic carbocycles. The van der Waals surface area contributed by atoms with Crippen LogP contribution in [0.4, 0.5) is 5.69 Å². The molecule has 0 saturated heterocycles. The molecule has 0 fully saturated rings. The quantitative estimate of drug-likeness (QED) is 0.651.